The molecule has 0 fully saturated rings. The van der Waals surface area contributed by atoms with Gasteiger partial charge < -0.3 is 14.8 Å². The van der Waals surface area contributed by atoms with E-state index >= 15 is 0 Å². The first kappa shape index (κ1) is 21.6. The largest absolute Gasteiger partial charge is 0.455 e. The fourth-order valence-electron chi connectivity index (χ4n) is 2.29. The Bertz CT molecular complexity index is 865. The first-order chi connectivity index (χ1) is 13.0. The lowest BCUT2D eigenvalue weighted by molar-refractivity contribution is -0.0506. The fourth-order valence-corrected chi connectivity index (χ4v) is 2.47. The molecule has 2 N–H and O–H groups in total. The maximum absolute atomic E-state index is 12.6. The number of ether oxygens (including phenoxy) is 2. The molecule has 7 nitrogen and oxygen atoms in total. The molecule has 2 rings (SSSR count). The summed E-state index contributed by atoms with van der Waals surface area (Å²) in [7, 11) is 0. The molecule has 1 aromatic heterocycles. The molecule has 0 aliphatic rings. The maximum Gasteiger partial charge on any atom is 0.387 e. The Morgan fingerprint density at radius 2 is 1.93 bits per heavy atom. The Labute approximate surface area is 165 Å². The van der Waals surface area contributed by atoms with Gasteiger partial charge in [-0.3, -0.25) is 9.89 Å². The SMILES string of the molecule is C[C@@H](NC(=O)c1cc(C(=O)OC(C)(C)C)[nH]n1)c1cc(Cl)ccc1OC(F)F. The van der Waals surface area contributed by atoms with Crippen molar-refractivity contribution in [2.24, 2.45) is 0 Å². The molecule has 0 aliphatic carbocycles. The summed E-state index contributed by atoms with van der Waals surface area (Å²) in [4.78, 5) is 24.4. The number of H-pyrrole nitrogens is 1. The lowest BCUT2D eigenvalue weighted by Gasteiger charge is -2.18. The Balaban J connectivity index is 2.13. The highest BCUT2D eigenvalue weighted by Gasteiger charge is 2.23. The zero-order chi connectivity index (χ0) is 21.1. The Morgan fingerprint density at radius 1 is 1.25 bits per heavy atom. The van der Waals surface area contributed by atoms with Crippen molar-refractivity contribution in [1.29, 1.82) is 0 Å². The molecule has 152 valence electrons. The monoisotopic (exact) mass is 415 g/mol. The van der Waals surface area contributed by atoms with Crippen LogP contribution in [0.5, 0.6) is 5.75 Å². The van der Waals surface area contributed by atoms with E-state index in [9.17, 15) is 18.4 Å². The molecule has 0 bridgehead atoms. The average Bonchev–Trinajstić information content (AvgIpc) is 3.04. The molecule has 10 heteroatoms. The third-order valence-corrected chi connectivity index (χ3v) is 3.67. The van der Waals surface area contributed by atoms with E-state index in [1.807, 2.05) is 0 Å². The van der Waals surface area contributed by atoms with Crippen LogP contribution in [-0.2, 0) is 4.74 Å². The minimum Gasteiger partial charge on any atom is -0.455 e. The van der Waals surface area contributed by atoms with Crippen LogP contribution in [-0.4, -0.2) is 34.3 Å². The van der Waals surface area contributed by atoms with Gasteiger partial charge in [0, 0.05) is 16.7 Å². The lowest BCUT2D eigenvalue weighted by atomic mass is 10.1. The highest BCUT2D eigenvalue weighted by atomic mass is 35.5. The predicted molar refractivity (Wildman–Crippen MR) is 97.7 cm³/mol. The van der Waals surface area contributed by atoms with Crippen molar-refractivity contribution in [1.82, 2.24) is 15.5 Å². The van der Waals surface area contributed by atoms with E-state index in [2.05, 4.69) is 20.3 Å². The van der Waals surface area contributed by atoms with Gasteiger partial charge in [0.2, 0.25) is 0 Å². The number of aromatic nitrogens is 2. The molecular formula is C18H20ClF2N3O4. The van der Waals surface area contributed by atoms with Crippen molar-refractivity contribution < 1.29 is 27.8 Å². The number of halogens is 3. The average molecular weight is 416 g/mol. The zero-order valence-electron chi connectivity index (χ0n) is 15.7. The summed E-state index contributed by atoms with van der Waals surface area (Å²) < 4.78 is 34.8. The van der Waals surface area contributed by atoms with Gasteiger partial charge in [0.05, 0.1) is 6.04 Å². The number of rotatable bonds is 6. The van der Waals surface area contributed by atoms with Crippen LogP contribution < -0.4 is 10.1 Å². The Hall–Kier alpha value is -2.68. The maximum atomic E-state index is 12.6. The van der Waals surface area contributed by atoms with E-state index in [1.54, 1.807) is 27.7 Å². The number of benzene rings is 1. The minimum absolute atomic E-state index is 0.0113. The van der Waals surface area contributed by atoms with E-state index in [1.165, 1.54) is 24.3 Å². The minimum atomic E-state index is -3.02. The molecule has 1 atom stereocenters. The van der Waals surface area contributed by atoms with Gasteiger partial charge in [-0.25, -0.2) is 4.79 Å². The number of aromatic amines is 1. The Morgan fingerprint density at radius 3 is 2.54 bits per heavy atom. The van der Waals surface area contributed by atoms with Gasteiger partial charge in [-0.1, -0.05) is 11.6 Å². The van der Waals surface area contributed by atoms with Crippen molar-refractivity contribution in [2.75, 3.05) is 0 Å². The summed E-state index contributed by atoms with van der Waals surface area (Å²) >= 11 is 5.92. The zero-order valence-corrected chi connectivity index (χ0v) is 16.4. The first-order valence-corrected chi connectivity index (χ1v) is 8.68. The molecule has 28 heavy (non-hydrogen) atoms. The van der Waals surface area contributed by atoms with E-state index in [4.69, 9.17) is 16.3 Å². The standard InChI is InChI=1S/C18H20ClF2N3O4/c1-9(11-7-10(19)5-6-14(11)27-17(20)21)22-15(25)12-8-13(24-23-12)16(26)28-18(2,3)4/h5-9,17H,1-4H3,(H,22,25)(H,23,24)/t9-/m1/s1. The first-order valence-electron chi connectivity index (χ1n) is 8.30. The number of nitrogens with one attached hydrogen (secondary N) is 2. The molecule has 0 radical (unpaired) electrons. The normalized spacial score (nSPS) is 12.6. The van der Waals surface area contributed by atoms with E-state index < -0.39 is 30.1 Å². The number of nitrogens with zero attached hydrogens (tertiary/aromatic N) is 1. The number of esters is 1. The summed E-state index contributed by atoms with van der Waals surface area (Å²) in [5.41, 5.74) is -0.486. The summed E-state index contributed by atoms with van der Waals surface area (Å²) in [6.07, 6.45) is 0. The van der Waals surface area contributed by atoms with Crippen LogP contribution >= 0.6 is 11.6 Å². The van der Waals surface area contributed by atoms with Crippen molar-refractivity contribution in [2.45, 2.75) is 45.9 Å². The van der Waals surface area contributed by atoms with E-state index in [-0.39, 0.29) is 22.7 Å². The van der Waals surface area contributed by atoms with Crippen LogP contribution in [0.2, 0.25) is 5.02 Å². The van der Waals surface area contributed by atoms with Crippen molar-refractivity contribution >= 4 is 23.5 Å². The molecule has 1 heterocycles. The van der Waals surface area contributed by atoms with Crippen LogP contribution in [0.4, 0.5) is 8.78 Å². The molecule has 2 aromatic rings. The predicted octanol–water partition coefficient (Wildman–Crippen LogP) is 4.11. The topological polar surface area (TPSA) is 93.3 Å². The highest BCUT2D eigenvalue weighted by Crippen LogP contribution is 2.29. The molecule has 0 spiro atoms. The second-order valence-electron chi connectivity index (χ2n) is 6.92. The molecule has 0 unspecified atom stereocenters. The summed E-state index contributed by atoms with van der Waals surface area (Å²) in [6.45, 7) is 3.68. The summed E-state index contributed by atoms with van der Waals surface area (Å²) in [5, 5.41) is 9.12. The smallest absolute Gasteiger partial charge is 0.387 e. The Kier molecular flexibility index (Phi) is 6.60. The van der Waals surface area contributed by atoms with Gasteiger partial charge in [-0.15, -0.1) is 0 Å². The van der Waals surface area contributed by atoms with Crippen molar-refractivity contribution in [3.63, 3.8) is 0 Å². The summed E-state index contributed by atoms with van der Waals surface area (Å²) in [6, 6.07) is 4.63. The van der Waals surface area contributed by atoms with Gasteiger partial charge in [0.1, 0.15) is 17.0 Å². The van der Waals surface area contributed by atoms with E-state index in [0.29, 0.717) is 5.02 Å². The van der Waals surface area contributed by atoms with Crippen LogP contribution in [0.25, 0.3) is 0 Å². The number of hydrogen-bond acceptors (Lipinski definition) is 5. The van der Waals surface area contributed by atoms with Crippen LogP contribution in [0.1, 0.15) is 60.3 Å². The van der Waals surface area contributed by atoms with Crippen LogP contribution in [0.3, 0.4) is 0 Å². The number of amides is 1. The van der Waals surface area contributed by atoms with Gasteiger partial charge in [-0.2, -0.15) is 13.9 Å². The van der Waals surface area contributed by atoms with E-state index in [0.717, 1.165) is 0 Å². The molecular weight excluding hydrogens is 396 g/mol. The number of alkyl halides is 2. The molecule has 1 amide bonds. The second kappa shape index (κ2) is 8.55. The lowest BCUT2D eigenvalue weighted by Crippen LogP contribution is -2.27. The number of carbonyl (C=O) groups excluding carboxylic acids is 2. The van der Waals surface area contributed by atoms with Gasteiger partial charge >= 0.3 is 12.6 Å². The summed E-state index contributed by atoms with van der Waals surface area (Å²) in [5.74, 6) is -1.39. The molecule has 0 saturated carbocycles. The molecule has 1 aromatic carbocycles. The van der Waals surface area contributed by atoms with Crippen molar-refractivity contribution in [3.05, 3.63) is 46.2 Å². The van der Waals surface area contributed by atoms with Gasteiger partial charge in [0.25, 0.3) is 5.91 Å². The molecule has 0 saturated heterocycles. The quantitative estimate of drug-likeness (QED) is 0.692. The fraction of sp³-hybridized carbons (Fsp3) is 0.389. The second-order valence-corrected chi connectivity index (χ2v) is 7.36. The third-order valence-electron chi connectivity index (χ3n) is 3.43. The van der Waals surface area contributed by atoms with Gasteiger partial charge in [-0.05, 0) is 45.9 Å². The van der Waals surface area contributed by atoms with Crippen LogP contribution in [0, 0.1) is 0 Å². The number of hydrogen-bond donors (Lipinski definition) is 2. The number of carbonyl (C=O) groups is 2. The van der Waals surface area contributed by atoms with Crippen LogP contribution in [0.15, 0.2) is 24.3 Å². The third kappa shape index (κ3) is 5.91. The highest BCUT2D eigenvalue weighted by molar-refractivity contribution is 6.30. The molecule has 0 aliphatic heterocycles. The van der Waals surface area contributed by atoms with Crippen molar-refractivity contribution in [3.8, 4) is 5.75 Å². The van der Waals surface area contributed by atoms with Gasteiger partial charge in [0.15, 0.2) is 5.69 Å².